The zero-order valence-corrected chi connectivity index (χ0v) is 10.5. The lowest BCUT2D eigenvalue weighted by Gasteiger charge is -2.10. The summed E-state index contributed by atoms with van der Waals surface area (Å²) in [5.41, 5.74) is 1.42. The van der Waals surface area contributed by atoms with Crippen molar-refractivity contribution in [2.75, 3.05) is 0 Å². The monoisotopic (exact) mass is 248 g/mol. The van der Waals surface area contributed by atoms with Gasteiger partial charge in [0.05, 0.1) is 10.7 Å². The van der Waals surface area contributed by atoms with Gasteiger partial charge in [0.25, 0.3) is 0 Å². The van der Waals surface area contributed by atoms with Crippen LogP contribution in [0.25, 0.3) is 0 Å². The van der Waals surface area contributed by atoms with Gasteiger partial charge >= 0.3 is 0 Å². The molecule has 17 heavy (non-hydrogen) atoms. The van der Waals surface area contributed by atoms with E-state index in [1.165, 1.54) is 0 Å². The molecule has 0 radical (unpaired) electrons. The molecule has 0 saturated heterocycles. The van der Waals surface area contributed by atoms with Crippen molar-refractivity contribution in [2.24, 2.45) is 0 Å². The molecule has 4 heteroatoms. The average molecular weight is 249 g/mol. The Morgan fingerprint density at radius 1 is 1.35 bits per heavy atom. The van der Waals surface area contributed by atoms with E-state index in [0.29, 0.717) is 10.6 Å². The van der Waals surface area contributed by atoms with Crippen molar-refractivity contribution in [2.45, 2.75) is 19.9 Å². The van der Waals surface area contributed by atoms with Crippen LogP contribution >= 0.6 is 11.6 Å². The summed E-state index contributed by atoms with van der Waals surface area (Å²) in [5, 5.41) is 4.80. The van der Waals surface area contributed by atoms with Gasteiger partial charge in [-0.2, -0.15) is 5.10 Å². The predicted molar refractivity (Wildman–Crippen MR) is 67.5 cm³/mol. The van der Waals surface area contributed by atoms with Crippen molar-refractivity contribution in [3.63, 3.8) is 0 Å². The Kier molecular flexibility index (Phi) is 3.29. The lowest BCUT2D eigenvalue weighted by Crippen LogP contribution is -2.17. The van der Waals surface area contributed by atoms with Crippen LogP contribution in [-0.4, -0.2) is 15.6 Å². The molecule has 1 heterocycles. The first-order chi connectivity index (χ1) is 8.09. The fraction of sp³-hybridized carbons (Fsp3) is 0.231. The standard InChI is InChI=1S/C13H13ClN2O/c1-9-12(14)8-16(15-9)10(2)13(17)11-6-4-3-5-7-11/h3-8,10H,1-2H3. The lowest BCUT2D eigenvalue weighted by atomic mass is 10.1. The van der Waals surface area contributed by atoms with Crippen molar-refractivity contribution in [3.8, 4) is 0 Å². The fourth-order valence-corrected chi connectivity index (χ4v) is 1.76. The number of carbonyl (C=O) groups excluding carboxylic acids is 1. The summed E-state index contributed by atoms with van der Waals surface area (Å²) in [4.78, 5) is 12.2. The Balaban J connectivity index is 2.26. The molecule has 0 fully saturated rings. The highest BCUT2D eigenvalue weighted by Gasteiger charge is 2.18. The number of benzene rings is 1. The van der Waals surface area contributed by atoms with Gasteiger partial charge in [0.1, 0.15) is 6.04 Å². The van der Waals surface area contributed by atoms with Crippen molar-refractivity contribution >= 4 is 17.4 Å². The predicted octanol–water partition coefficient (Wildman–Crippen LogP) is 3.29. The maximum Gasteiger partial charge on any atom is 0.187 e. The second-order valence-electron chi connectivity index (χ2n) is 3.95. The van der Waals surface area contributed by atoms with Crippen molar-refractivity contribution < 1.29 is 4.79 Å². The summed E-state index contributed by atoms with van der Waals surface area (Å²) in [6, 6.07) is 8.84. The van der Waals surface area contributed by atoms with Crippen LogP contribution in [0.1, 0.15) is 29.0 Å². The fourth-order valence-electron chi connectivity index (χ4n) is 1.62. The molecule has 0 aliphatic rings. The summed E-state index contributed by atoms with van der Waals surface area (Å²) >= 11 is 5.93. The SMILES string of the molecule is Cc1nn(C(C)C(=O)c2ccccc2)cc1Cl. The number of Topliss-reactive ketones (excluding diaryl/α,β-unsaturated/α-hetero) is 1. The molecular weight excluding hydrogens is 236 g/mol. The third-order valence-corrected chi connectivity index (χ3v) is 3.06. The van der Waals surface area contributed by atoms with Crippen LogP contribution in [0.2, 0.25) is 5.02 Å². The molecular formula is C13H13ClN2O. The smallest absolute Gasteiger partial charge is 0.187 e. The molecule has 0 spiro atoms. The number of nitrogens with zero attached hydrogens (tertiary/aromatic N) is 2. The van der Waals surface area contributed by atoms with Crippen LogP contribution in [0.4, 0.5) is 0 Å². The van der Waals surface area contributed by atoms with Crippen LogP contribution in [0.3, 0.4) is 0 Å². The average Bonchev–Trinajstić information content (AvgIpc) is 2.69. The van der Waals surface area contributed by atoms with E-state index in [1.54, 1.807) is 23.0 Å². The maximum absolute atomic E-state index is 12.2. The Labute approximate surface area is 105 Å². The lowest BCUT2D eigenvalue weighted by molar-refractivity contribution is 0.0928. The van der Waals surface area contributed by atoms with Crippen LogP contribution in [0, 0.1) is 6.92 Å². The van der Waals surface area contributed by atoms with E-state index in [1.807, 2.05) is 32.0 Å². The van der Waals surface area contributed by atoms with E-state index in [-0.39, 0.29) is 11.8 Å². The van der Waals surface area contributed by atoms with Crippen molar-refractivity contribution in [1.29, 1.82) is 0 Å². The summed E-state index contributed by atoms with van der Waals surface area (Å²) < 4.78 is 1.60. The number of aromatic nitrogens is 2. The maximum atomic E-state index is 12.2. The second kappa shape index (κ2) is 4.72. The Morgan fingerprint density at radius 3 is 2.53 bits per heavy atom. The van der Waals surface area contributed by atoms with Crippen molar-refractivity contribution in [3.05, 3.63) is 52.8 Å². The first kappa shape index (κ1) is 11.9. The molecule has 0 amide bonds. The van der Waals surface area contributed by atoms with E-state index >= 15 is 0 Å². The van der Waals surface area contributed by atoms with Crippen LogP contribution < -0.4 is 0 Å². The molecule has 88 valence electrons. The van der Waals surface area contributed by atoms with Crippen LogP contribution in [0.5, 0.6) is 0 Å². The Morgan fingerprint density at radius 2 is 2.00 bits per heavy atom. The highest BCUT2D eigenvalue weighted by molar-refractivity contribution is 6.31. The number of aryl methyl sites for hydroxylation is 1. The molecule has 2 aromatic rings. The van der Waals surface area contributed by atoms with Gasteiger partial charge in [-0.1, -0.05) is 41.9 Å². The molecule has 0 bridgehead atoms. The third-order valence-electron chi connectivity index (χ3n) is 2.69. The van der Waals surface area contributed by atoms with E-state index in [9.17, 15) is 4.79 Å². The first-order valence-corrected chi connectivity index (χ1v) is 5.78. The van der Waals surface area contributed by atoms with E-state index in [0.717, 1.165) is 5.69 Å². The second-order valence-corrected chi connectivity index (χ2v) is 4.36. The minimum Gasteiger partial charge on any atom is -0.292 e. The molecule has 0 aliphatic carbocycles. The minimum absolute atomic E-state index is 0.0322. The van der Waals surface area contributed by atoms with E-state index < -0.39 is 0 Å². The van der Waals surface area contributed by atoms with Crippen LogP contribution in [-0.2, 0) is 0 Å². The molecule has 1 unspecified atom stereocenters. The number of hydrogen-bond donors (Lipinski definition) is 0. The van der Waals surface area contributed by atoms with Crippen LogP contribution in [0.15, 0.2) is 36.5 Å². The molecule has 1 atom stereocenters. The first-order valence-electron chi connectivity index (χ1n) is 5.40. The zero-order chi connectivity index (χ0) is 12.4. The normalized spacial score (nSPS) is 12.4. The van der Waals surface area contributed by atoms with Gasteiger partial charge in [0.2, 0.25) is 0 Å². The quantitative estimate of drug-likeness (QED) is 0.782. The van der Waals surface area contributed by atoms with Gasteiger partial charge in [-0.3, -0.25) is 9.48 Å². The highest BCUT2D eigenvalue weighted by atomic mass is 35.5. The van der Waals surface area contributed by atoms with Gasteiger partial charge in [-0.05, 0) is 13.8 Å². The summed E-state index contributed by atoms with van der Waals surface area (Å²) in [5.74, 6) is 0.0322. The summed E-state index contributed by atoms with van der Waals surface area (Å²) in [6.07, 6.45) is 1.68. The molecule has 0 aliphatic heterocycles. The molecule has 0 N–H and O–H groups in total. The number of ketones is 1. The third kappa shape index (κ3) is 2.39. The van der Waals surface area contributed by atoms with Gasteiger partial charge in [0, 0.05) is 11.8 Å². The molecule has 1 aromatic heterocycles. The Bertz CT molecular complexity index is 514. The summed E-state index contributed by atoms with van der Waals surface area (Å²) in [6.45, 7) is 3.64. The van der Waals surface area contributed by atoms with E-state index in [2.05, 4.69) is 5.10 Å². The molecule has 0 saturated carbocycles. The molecule has 3 nitrogen and oxygen atoms in total. The van der Waals surface area contributed by atoms with Gasteiger partial charge in [0.15, 0.2) is 5.78 Å². The number of hydrogen-bond acceptors (Lipinski definition) is 2. The number of rotatable bonds is 3. The topological polar surface area (TPSA) is 34.9 Å². The molecule has 2 rings (SSSR count). The largest absolute Gasteiger partial charge is 0.292 e. The molecule has 1 aromatic carbocycles. The van der Waals surface area contributed by atoms with Gasteiger partial charge < -0.3 is 0 Å². The van der Waals surface area contributed by atoms with E-state index in [4.69, 9.17) is 11.6 Å². The minimum atomic E-state index is -0.344. The zero-order valence-electron chi connectivity index (χ0n) is 9.72. The summed E-state index contributed by atoms with van der Waals surface area (Å²) in [7, 11) is 0. The Hall–Kier alpha value is -1.61. The van der Waals surface area contributed by atoms with Crippen molar-refractivity contribution in [1.82, 2.24) is 9.78 Å². The number of halogens is 1. The highest BCUT2D eigenvalue weighted by Crippen LogP contribution is 2.18. The number of carbonyl (C=O) groups is 1. The van der Waals surface area contributed by atoms with Gasteiger partial charge in [-0.15, -0.1) is 0 Å². The van der Waals surface area contributed by atoms with Gasteiger partial charge in [-0.25, -0.2) is 0 Å².